The molecule has 3 rings (SSSR count). The number of benzene rings is 1. The van der Waals surface area contributed by atoms with Crippen LogP contribution in [0.5, 0.6) is 0 Å². The standard InChI is InChI=1S/C17H16N2OS2/c20-16(9-8-15-3-1-11-21-15)13-4-6-14(7-5-13)19-17-18-10-2-12-22-17/h1,3-9,11H,2,10,12H2,(H,18,19)/b9-8+. The van der Waals surface area contributed by atoms with E-state index in [1.54, 1.807) is 29.2 Å². The summed E-state index contributed by atoms with van der Waals surface area (Å²) in [4.78, 5) is 17.6. The van der Waals surface area contributed by atoms with Gasteiger partial charge in [0.15, 0.2) is 11.0 Å². The van der Waals surface area contributed by atoms with Gasteiger partial charge in [-0.1, -0.05) is 17.8 Å². The fourth-order valence-electron chi connectivity index (χ4n) is 2.02. The lowest BCUT2D eigenvalue weighted by Crippen LogP contribution is -2.13. The molecule has 1 aromatic heterocycles. The highest BCUT2D eigenvalue weighted by atomic mass is 32.2. The molecule has 1 N–H and O–H groups in total. The average molecular weight is 328 g/mol. The number of thiophene rings is 1. The average Bonchev–Trinajstić information content (AvgIpc) is 3.08. The minimum Gasteiger partial charge on any atom is -0.335 e. The summed E-state index contributed by atoms with van der Waals surface area (Å²) in [6.45, 7) is 0.888. The molecule has 1 aromatic carbocycles. The summed E-state index contributed by atoms with van der Waals surface area (Å²) < 4.78 is 0. The van der Waals surface area contributed by atoms with Crippen molar-refractivity contribution in [2.75, 3.05) is 17.6 Å². The van der Waals surface area contributed by atoms with E-state index in [1.165, 1.54) is 0 Å². The van der Waals surface area contributed by atoms with Crippen LogP contribution < -0.4 is 5.32 Å². The van der Waals surface area contributed by atoms with Crippen molar-refractivity contribution < 1.29 is 4.79 Å². The molecule has 22 heavy (non-hydrogen) atoms. The van der Waals surface area contributed by atoms with Crippen molar-refractivity contribution in [2.45, 2.75) is 6.42 Å². The Morgan fingerprint density at radius 2 is 2.09 bits per heavy atom. The highest BCUT2D eigenvalue weighted by Crippen LogP contribution is 2.17. The number of anilines is 1. The summed E-state index contributed by atoms with van der Waals surface area (Å²) in [7, 11) is 0. The maximum Gasteiger partial charge on any atom is 0.185 e. The Bertz CT molecular complexity index is 688. The van der Waals surface area contributed by atoms with Crippen LogP contribution in [-0.4, -0.2) is 23.2 Å². The molecular weight excluding hydrogens is 312 g/mol. The second-order valence-corrected chi connectivity index (χ2v) is 6.87. The second-order valence-electron chi connectivity index (χ2n) is 4.80. The molecule has 0 bridgehead atoms. The minimum atomic E-state index is 0.0179. The molecule has 0 saturated carbocycles. The summed E-state index contributed by atoms with van der Waals surface area (Å²) in [5, 5.41) is 6.24. The number of amidine groups is 1. The Balaban J connectivity index is 1.63. The van der Waals surface area contributed by atoms with Gasteiger partial charge in [0.1, 0.15) is 0 Å². The number of carbonyl (C=O) groups is 1. The van der Waals surface area contributed by atoms with Crippen LogP contribution in [0.1, 0.15) is 21.7 Å². The molecule has 1 aliphatic heterocycles. The van der Waals surface area contributed by atoms with E-state index in [1.807, 2.05) is 47.9 Å². The first-order chi connectivity index (χ1) is 10.8. The smallest absolute Gasteiger partial charge is 0.185 e. The SMILES string of the molecule is O=C(/C=C/c1cccs1)c1ccc(NC2=NCCCS2)cc1. The minimum absolute atomic E-state index is 0.0179. The molecule has 5 heteroatoms. The first-order valence-electron chi connectivity index (χ1n) is 7.11. The van der Waals surface area contributed by atoms with Crippen LogP contribution in [0.25, 0.3) is 6.08 Å². The van der Waals surface area contributed by atoms with E-state index in [2.05, 4.69) is 10.3 Å². The molecule has 0 fully saturated rings. The van der Waals surface area contributed by atoms with Crippen molar-refractivity contribution in [3.05, 3.63) is 58.3 Å². The first kappa shape index (κ1) is 15.1. The van der Waals surface area contributed by atoms with Gasteiger partial charge in [0, 0.05) is 28.4 Å². The number of rotatable bonds is 4. The van der Waals surface area contributed by atoms with Gasteiger partial charge in [0.25, 0.3) is 0 Å². The van der Waals surface area contributed by atoms with Crippen LogP contribution in [0.3, 0.4) is 0 Å². The van der Waals surface area contributed by atoms with E-state index >= 15 is 0 Å². The summed E-state index contributed by atoms with van der Waals surface area (Å²) in [5.74, 6) is 1.12. The van der Waals surface area contributed by atoms with Crippen molar-refractivity contribution in [3.63, 3.8) is 0 Å². The Kier molecular flexibility index (Phi) is 5.08. The molecule has 2 aromatic rings. The third-order valence-corrected chi connectivity index (χ3v) is 4.99. The number of nitrogens with one attached hydrogen (secondary N) is 1. The number of hydrogen-bond acceptors (Lipinski definition) is 5. The Morgan fingerprint density at radius 1 is 1.23 bits per heavy atom. The topological polar surface area (TPSA) is 41.5 Å². The fraction of sp³-hybridized carbons (Fsp3) is 0.176. The van der Waals surface area contributed by atoms with Gasteiger partial charge in [-0.15, -0.1) is 11.3 Å². The predicted molar refractivity (Wildman–Crippen MR) is 97.1 cm³/mol. The predicted octanol–water partition coefficient (Wildman–Crippen LogP) is 4.55. The van der Waals surface area contributed by atoms with Crippen molar-refractivity contribution in [3.8, 4) is 0 Å². The van der Waals surface area contributed by atoms with Gasteiger partial charge < -0.3 is 5.32 Å². The summed E-state index contributed by atoms with van der Waals surface area (Å²) in [6.07, 6.45) is 4.61. The van der Waals surface area contributed by atoms with Crippen molar-refractivity contribution in [1.29, 1.82) is 0 Å². The molecule has 112 valence electrons. The number of ketones is 1. The maximum absolute atomic E-state index is 12.1. The molecule has 0 radical (unpaired) electrons. The normalized spacial score (nSPS) is 14.8. The van der Waals surface area contributed by atoms with E-state index in [4.69, 9.17) is 0 Å². The van der Waals surface area contributed by atoms with Gasteiger partial charge in [-0.3, -0.25) is 9.79 Å². The number of allylic oxidation sites excluding steroid dienone is 1. The first-order valence-corrected chi connectivity index (χ1v) is 8.98. The quantitative estimate of drug-likeness (QED) is 0.661. The van der Waals surface area contributed by atoms with Crippen molar-refractivity contribution in [2.24, 2.45) is 4.99 Å². The largest absolute Gasteiger partial charge is 0.335 e. The van der Waals surface area contributed by atoms with E-state index in [9.17, 15) is 4.79 Å². The Morgan fingerprint density at radius 3 is 2.77 bits per heavy atom. The summed E-state index contributed by atoms with van der Waals surface area (Å²) in [6, 6.07) is 11.5. The molecule has 0 saturated heterocycles. The lowest BCUT2D eigenvalue weighted by atomic mass is 10.1. The highest BCUT2D eigenvalue weighted by Gasteiger charge is 2.07. The van der Waals surface area contributed by atoms with Crippen LogP contribution in [0.2, 0.25) is 0 Å². The number of carbonyl (C=O) groups excluding carboxylic acids is 1. The molecule has 3 nitrogen and oxygen atoms in total. The number of aliphatic imine (C=N–C) groups is 1. The monoisotopic (exact) mass is 328 g/mol. The van der Waals surface area contributed by atoms with Gasteiger partial charge in [-0.25, -0.2) is 0 Å². The number of nitrogens with zero attached hydrogens (tertiary/aromatic N) is 1. The number of hydrogen-bond donors (Lipinski definition) is 1. The van der Waals surface area contributed by atoms with E-state index in [0.29, 0.717) is 5.56 Å². The van der Waals surface area contributed by atoms with E-state index in [-0.39, 0.29) is 5.78 Å². The number of thioether (sulfide) groups is 1. The zero-order chi connectivity index (χ0) is 15.2. The van der Waals surface area contributed by atoms with Crippen molar-refractivity contribution in [1.82, 2.24) is 0 Å². The molecule has 0 aliphatic carbocycles. The van der Waals surface area contributed by atoms with E-state index < -0.39 is 0 Å². The summed E-state index contributed by atoms with van der Waals surface area (Å²) in [5.41, 5.74) is 1.66. The van der Waals surface area contributed by atoms with Gasteiger partial charge in [-0.2, -0.15) is 0 Å². The zero-order valence-corrected chi connectivity index (χ0v) is 13.6. The molecule has 2 heterocycles. The van der Waals surface area contributed by atoms with Crippen LogP contribution in [0, 0.1) is 0 Å². The lowest BCUT2D eigenvalue weighted by Gasteiger charge is -2.13. The van der Waals surface area contributed by atoms with Crippen LogP contribution in [-0.2, 0) is 0 Å². The Labute approximate surface area is 138 Å². The van der Waals surface area contributed by atoms with Crippen LogP contribution in [0.4, 0.5) is 5.69 Å². The van der Waals surface area contributed by atoms with Gasteiger partial charge in [-0.05, 0) is 54.3 Å². The molecule has 0 spiro atoms. The Hall–Kier alpha value is -1.85. The third-order valence-electron chi connectivity index (χ3n) is 3.16. The third kappa shape index (κ3) is 4.08. The fourth-order valence-corrected chi connectivity index (χ4v) is 3.47. The van der Waals surface area contributed by atoms with Crippen LogP contribution >= 0.6 is 23.1 Å². The molecule has 0 atom stereocenters. The molecular formula is C17H16N2OS2. The van der Waals surface area contributed by atoms with E-state index in [0.717, 1.165) is 34.5 Å². The van der Waals surface area contributed by atoms with Crippen molar-refractivity contribution >= 4 is 45.8 Å². The van der Waals surface area contributed by atoms with Crippen LogP contribution in [0.15, 0.2) is 52.8 Å². The van der Waals surface area contributed by atoms with Gasteiger partial charge in [0.2, 0.25) is 0 Å². The van der Waals surface area contributed by atoms with Gasteiger partial charge in [0.05, 0.1) is 0 Å². The molecule has 0 amide bonds. The van der Waals surface area contributed by atoms with Gasteiger partial charge >= 0.3 is 0 Å². The lowest BCUT2D eigenvalue weighted by molar-refractivity contribution is 0.104. The summed E-state index contributed by atoms with van der Waals surface area (Å²) >= 11 is 3.35. The molecule has 1 aliphatic rings. The second kappa shape index (κ2) is 7.42. The highest BCUT2D eigenvalue weighted by molar-refractivity contribution is 8.14. The maximum atomic E-state index is 12.1. The molecule has 0 unspecified atom stereocenters. The zero-order valence-electron chi connectivity index (χ0n) is 12.0.